The van der Waals surface area contributed by atoms with Gasteiger partial charge in [0.25, 0.3) is 0 Å². The first kappa shape index (κ1) is 13.2. The average molecular weight is 219 g/mol. The van der Waals surface area contributed by atoms with Gasteiger partial charge in [-0.15, -0.1) is 0 Å². The molecule has 0 heterocycles. The number of aryl methyl sites for hydroxylation is 1. The Morgan fingerprint density at radius 1 is 1.25 bits per heavy atom. The van der Waals surface area contributed by atoms with Crippen LogP contribution in [0.25, 0.3) is 0 Å². The van der Waals surface area contributed by atoms with Crippen molar-refractivity contribution >= 4 is 0 Å². The molecule has 1 aromatic rings. The summed E-state index contributed by atoms with van der Waals surface area (Å²) in [6.45, 7) is 7.96. The Hall–Kier alpha value is -0.820. The maximum atomic E-state index is 3.33. The van der Waals surface area contributed by atoms with Gasteiger partial charge in [0.2, 0.25) is 0 Å². The summed E-state index contributed by atoms with van der Waals surface area (Å²) in [6, 6.07) is 8.74. The van der Waals surface area contributed by atoms with E-state index in [2.05, 4.69) is 50.4 Å². The maximum absolute atomic E-state index is 3.33. The standard InChI is InChI=1S/C15H25N/c1-5-10-15(3,12-16-4)11-14-9-7-6-8-13(14)2/h6-9,16H,5,10-12H2,1-4H3. The molecular weight excluding hydrogens is 194 g/mol. The normalized spacial score (nSPS) is 14.8. The van der Waals surface area contributed by atoms with Crippen molar-refractivity contribution in [1.29, 1.82) is 0 Å². The first-order chi connectivity index (χ1) is 7.61. The van der Waals surface area contributed by atoms with Crippen molar-refractivity contribution in [2.24, 2.45) is 5.41 Å². The Labute approximate surface area is 100 Å². The molecule has 1 unspecified atom stereocenters. The van der Waals surface area contributed by atoms with Gasteiger partial charge in [0.1, 0.15) is 0 Å². The zero-order valence-electron chi connectivity index (χ0n) is 11.1. The average Bonchev–Trinajstić information content (AvgIpc) is 2.22. The molecule has 0 aromatic heterocycles. The Morgan fingerprint density at radius 2 is 1.94 bits per heavy atom. The molecule has 0 aliphatic rings. The molecule has 0 aliphatic carbocycles. The highest BCUT2D eigenvalue weighted by molar-refractivity contribution is 5.26. The lowest BCUT2D eigenvalue weighted by Crippen LogP contribution is -2.32. The van der Waals surface area contributed by atoms with Crippen molar-refractivity contribution in [3.8, 4) is 0 Å². The van der Waals surface area contributed by atoms with E-state index >= 15 is 0 Å². The molecule has 0 radical (unpaired) electrons. The van der Waals surface area contributed by atoms with Gasteiger partial charge in [-0.05, 0) is 43.4 Å². The first-order valence-electron chi connectivity index (χ1n) is 6.30. The molecule has 1 aromatic carbocycles. The lowest BCUT2D eigenvalue weighted by Gasteiger charge is -2.30. The maximum Gasteiger partial charge on any atom is 0.000534 e. The molecule has 16 heavy (non-hydrogen) atoms. The van der Waals surface area contributed by atoms with Crippen LogP contribution in [0.4, 0.5) is 0 Å². The largest absolute Gasteiger partial charge is 0.319 e. The molecule has 1 nitrogen and oxygen atoms in total. The summed E-state index contributed by atoms with van der Waals surface area (Å²) in [5.74, 6) is 0. The highest BCUT2D eigenvalue weighted by Crippen LogP contribution is 2.28. The molecule has 1 atom stereocenters. The van der Waals surface area contributed by atoms with Crippen molar-refractivity contribution in [3.05, 3.63) is 35.4 Å². The Kier molecular flexibility index (Phi) is 5.01. The summed E-state index contributed by atoms with van der Waals surface area (Å²) in [5.41, 5.74) is 3.30. The van der Waals surface area contributed by atoms with Crippen LogP contribution in [0, 0.1) is 12.3 Å². The molecule has 0 bridgehead atoms. The molecular formula is C15H25N. The fourth-order valence-electron chi connectivity index (χ4n) is 2.54. The molecule has 1 N–H and O–H groups in total. The van der Waals surface area contributed by atoms with E-state index in [9.17, 15) is 0 Å². The van der Waals surface area contributed by atoms with Crippen LogP contribution in [-0.4, -0.2) is 13.6 Å². The minimum absolute atomic E-state index is 0.385. The van der Waals surface area contributed by atoms with E-state index in [-0.39, 0.29) is 0 Å². The minimum atomic E-state index is 0.385. The van der Waals surface area contributed by atoms with Crippen LogP contribution in [0.5, 0.6) is 0 Å². The molecule has 1 heteroatoms. The van der Waals surface area contributed by atoms with E-state index in [0.29, 0.717) is 5.41 Å². The molecule has 0 saturated heterocycles. The van der Waals surface area contributed by atoms with Gasteiger partial charge in [-0.1, -0.05) is 44.5 Å². The van der Waals surface area contributed by atoms with Gasteiger partial charge in [-0.2, -0.15) is 0 Å². The SMILES string of the molecule is CCCC(C)(CNC)Cc1ccccc1C. The highest BCUT2D eigenvalue weighted by Gasteiger charge is 2.23. The number of rotatable bonds is 6. The summed E-state index contributed by atoms with van der Waals surface area (Å²) >= 11 is 0. The lowest BCUT2D eigenvalue weighted by molar-refractivity contribution is 0.282. The monoisotopic (exact) mass is 219 g/mol. The predicted molar refractivity (Wildman–Crippen MR) is 71.8 cm³/mol. The molecule has 0 saturated carbocycles. The molecule has 0 spiro atoms. The van der Waals surface area contributed by atoms with Gasteiger partial charge < -0.3 is 5.32 Å². The van der Waals surface area contributed by atoms with Crippen LogP contribution in [0.1, 0.15) is 37.8 Å². The summed E-state index contributed by atoms with van der Waals surface area (Å²) in [6.07, 6.45) is 3.71. The first-order valence-corrected chi connectivity index (χ1v) is 6.30. The van der Waals surface area contributed by atoms with Crippen molar-refractivity contribution in [1.82, 2.24) is 5.32 Å². The summed E-state index contributed by atoms with van der Waals surface area (Å²) < 4.78 is 0. The second kappa shape index (κ2) is 6.05. The number of nitrogens with one attached hydrogen (secondary N) is 1. The van der Waals surface area contributed by atoms with Crippen molar-refractivity contribution in [3.63, 3.8) is 0 Å². The summed E-state index contributed by atoms with van der Waals surface area (Å²) in [4.78, 5) is 0. The Morgan fingerprint density at radius 3 is 2.50 bits per heavy atom. The third-order valence-corrected chi connectivity index (χ3v) is 3.34. The topological polar surface area (TPSA) is 12.0 Å². The van der Waals surface area contributed by atoms with Crippen LogP contribution in [0.2, 0.25) is 0 Å². The van der Waals surface area contributed by atoms with Gasteiger partial charge in [-0.3, -0.25) is 0 Å². The number of hydrogen-bond donors (Lipinski definition) is 1. The van der Waals surface area contributed by atoms with Crippen LogP contribution in [-0.2, 0) is 6.42 Å². The smallest absolute Gasteiger partial charge is 0.000534 e. The molecule has 90 valence electrons. The predicted octanol–water partition coefficient (Wildman–Crippen LogP) is 3.56. The van der Waals surface area contributed by atoms with E-state index in [1.54, 1.807) is 0 Å². The Balaban J connectivity index is 2.79. The van der Waals surface area contributed by atoms with E-state index in [0.717, 1.165) is 6.54 Å². The second-order valence-corrected chi connectivity index (χ2v) is 5.19. The van der Waals surface area contributed by atoms with Crippen LogP contribution < -0.4 is 5.32 Å². The van der Waals surface area contributed by atoms with Gasteiger partial charge in [0.15, 0.2) is 0 Å². The minimum Gasteiger partial charge on any atom is -0.319 e. The summed E-state index contributed by atoms with van der Waals surface area (Å²) in [7, 11) is 2.05. The van der Waals surface area contributed by atoms with Crippen LogP contribution >= 0.6 is 0 Å². The lowest BCUT2D eigenvalue weighted by atomic mass is 9.79. The second-order valence-electron chi connectivity index (χ2n) is 5.19. The molecule has 0 amide bonds. The fraction of sp³-hybridized carbons (Fsp3) is 0.600. The highest BCUT2D eigenvalue weighted by atomic mass is 14.8. The van der Waals surface area contributed by atoms with Crippen molar-refractivity contribution < 1.29 is 0 Å². The van der Waals surface area contributed by atoms with E-state index < -0.39 is 0 Å². The van der Waals surface area contributed by atoms with E-state index in [4.69, 9.17) is 0 Å². The zero-order chi connectivity index (χ0) is 12.0. The quantitative estimate of drug-likeness (QED) is 0.771. The Bertz CT molecular complexity index is 311. The molecule has 1 rings (SSSR count). The van der Waals surface area contributed by atoms with Crippen molar-refractivity contribution in [2.75, 3.05) is 13.6 Å². The number of hydrogen-bond acceptors (Lipinski definition) is 1. The van der Waals surface area contributed by atoms with Gasteiger partial charge in [0.05, 0.1) is 0 Å². The third kappa shape index (κ3) is 3.64. The van der Waals surface area contributed by atoms with Gasteiger partial charge >= 0.3 is 0 Å². The van der Waals surface area contributed by atoms with Gasteiger partial charge in [-0.25, -0.2) is 0 Å². The molecule has 0 fully saturated rings. The van der Waals surface area contributed by atoms with Crippen LogP contribution in [0.15, 0.2) is 24.3 Å². The van der Waals surface area contributed by atoms with E-state index in [1.165, 1.54) is 30.4 Å². The van der Waals surface area contributed by atoms with Crippen molar-refractivity contribution in [2.45, 2.75) is 40.0 Å². The summed E-state index contributed by atoms with van der Waals surface area (Å²) in [5, 5.41) is 3.33. The fourth-order valence-corrected chi connectivity index (χ4v) is 2.54. The zero-order valence-corrected chi connectivity index (χ0v) is 11.1. The molecule has 0 aliphatic heterocycles. The van der Waals surface area contributed by atoms with Gasteiger partial charge in [0, 0.05) is 6.54 Å². The third-order valence-electron chi connectivity index (χ3n) is 3.34. The van der Waals surface area contributed by atoms with E-state index in [1.807, 2.05) is 7.05 Å². The number of benzene rings is 1. The van der Waals surface area contributed by atoms with Crippen LogP contribution in [0.3, 0.4) is 0 Å².